The van der Waals surface area contributed by atoms with Crippen molar-refractivity contribution in [3.05, 3.63) is 65.5 Å². The summed E-state index contributed by atoms with van der Waals surface area (Å²) < 4.78 is 0. The number of hydrogen-bond donors (Lipinski definition) is 1. The van der Waals surface area contributed by atoms with Crippen molar-refractivity contribution in [3.8, 4) is 0 Å². The molecule has 1 fully saturated rings. The first kappa shape index (κ1) is 17.1. The number of piperidine rings is 1. The van der Waals surface area contributed by atoms with Crippen molar-refractivity contribution in [2.45, 2.75) is 32.2 Å². The van der Waals surface area contributed by atoms with E-state index >= 15 is 0 Å². The zero-order chi connectivity index (χ0) is 17.6. The predicted octanol–water partition coefficient (Wildman–Crippen LogP) is 2.35. The summed E-state index contributed by atoms with van der Waals surface area (Å²) in [4.78, 5) is 30.5. The Bertz CT molecular complexity index is 738. The second kappa shape index (κ2) is 7.92. The molecule has 1 aliphatic heterocycles. The van der Waals surface area contributed by atoms with Crippen LogP contribution in [-0.4, -0.2) is 40.8 Å². The van der Waals surface area contributed by atoms with Crippen LogP contribution in [0.2, 0.25) is 0 Å². The fourth-order valence-corrected chi connectivity index (χ4v) is 3.16. The largest absolute Gasteiger partial charge is 0.353 e. The third kappa shape index (κ3) is 4.66. The van der Waals surface area contributed by atoms with E-state index in [9.17, 15) is 9.59 Å². The van der Waals surface area contributed by atoms with Gasteiger partial charge in [0, 0.05) is 25.3 Å². The molecular weight excluding hydrogens is 314 g/mol. The fraction of sp³-hybridized carbons (Fsp3) is 0.350. The van der Waals surface area contributed by atoms with Crippen molar-refractivity contribution < 1.29 is 9.59 Å². The molecule has 2 aromatic rings. The first-order chi connectivity index (χ1) is 12.1. The molecule has 1 aromatic heterocycles. The molecule has 0 atom stereocenters. The minimum Gasteiger partial charge on any atom is -0.353 e. The lowest BCUT2D eigenvalue weighted by Crippen LogP contribution is -2.47. The summed E-state index contributed by atoms with van der Waals surface area (Å²) in [5, 5.41) is 3.09. The molecule has 0 radical (unpaired) electrons. The fourth-order valence-electron chi connectivity index (χ4n) is 3.16. The quantitative estimate of drug-likeness (QED) is 0.931. The van der Waals surface area contributed by atoms with Gasteiger partial charge in [0.25, 0.3) is 5.91 Å². The van der Waals surface area contributed by atoms with Crippen molar-refractivity contribution in [3.63, 3.8) is 0 Å². The zero-order valence-corrected chi connectivity index (χ0v) is 14.4. The number of pyridine rings is 1. The van der Waals surface area contributed by atoms with Gasteiger partial charge in [-0.25, -0.2) is 0 Å². The molecule has 0 bridgehead atoms. The first-order valence-electron chi connectivity index (χ1n) is 8.67. The van der Waals surface area contributed by atoms with Gasteiger partial charge in [-0.2, -0.15) is 0 Å². The molecular formula is C20H23N3O2. The van der Waals surface area contributed by atoms with Gasteiger partial charge in [0.2, 0.25) is 5.91 Å². The third-order valence-corrected chi connectivity index (χ3v) is 4.48. The molecule has 5 nitrogen and oxygen atoms in total. The number of aryl methyl sites for hydroxylation is 1. The lowest BCUT2D eigenvalue weighted by Gasteiger charge is -2.32. The number of carbonyl (C=O) groups is 2. The van der Waals surface area contributed by atoms with E-state index in [0.717, 1.165) is 24.0 Å². The third-order valence-electron chi connectivity index (χ3n) is 4.48. The van der Waals surface area contributed by atoms with Gasteiger partial charge < -0.3 is 10.2 Å². The Morgan fingerprint density at radius 3 is 2.64 bits per heavy atom. The second-order valence-corrected chi connectivity index (χ2v) is 6.51. The Hall–Kier alpha value is -2.69. The summed E-state index contributed by atoms with van der Waals surface area (Å²) in [7, 11) is 0. The van der Waals surface area contributed by atoms with E-state index in [-0.39, 0.29) is 17.9 Å². The van der Waals surface area contributed by atoms with E-state index in [1.54, 1.807) is 18.3 Å². The number of benzene rings is 1. The number of carbonyl (C=O) groups excluding carboxylic acids is 2. The van der Waals surface area contributed by atoms with Gasteiger partial charge >= 0.3 is 0 Å². The second-order valence-electron chi connectivity index (χ2n) is 6.51. The van der Waals surface area contributed by atoms with Crippen LogP contribution in [0.25, 0.3) is 0 Å². The van der Waals surface area contributed by atoms with Gasteiger partial charge in [0.15, 0.2) is 0 Å². The molecule has 130 valence electrons. The number of likely N-dealkylation sites (tertiary alicyclic amines) is 1. The number of amides is 2. The summed E-state index contributed by atoms with van der Waals surface area (Å²) >= 11 is 0. The summed E-state index contributed by atoms with van der Waals surface area (Å²) in [6, 6.07) is 13.5. The number of rotatable bonds is 4. The van der Waals surface area contributed by atoms with E-state index in [2.05, 4.69) is 10.3 Å². The van der Waals surface area contributed by atoms with Crippen molar-refractivity contribution in [2.75, 3.05) is 13.1 Å². The van der Waals surface area contributed by atoms with Gasteiger partial charge in [-0.1, -0.05) is 35.9 Å². The van der Waals surface area contributed by atoms with E-state index in [1.165, 1.54) is 0 Å². The lowest BCUT2D eigenvalue weighted by molar-refractivity contribution is -0.121. The monoisotopic (exact) mass is 337 g/mol. The smallest absolute Gasteiger partial charge is 0.272 e. The standard InChI is InChI=1S/C20H23N3O2/c1-15-5-4-6-16(13-15)14-19(24)22-17-8-11-23(12-9-17)20(25)18-7-2-3-10-21-18/h2-7,10,13,17H,8-9,11-12,14H2,1H3,(H,22,24). The summed E-state index contributed by atoms with van der Waals surface area (Å²) in [5.74, 6) is 0.00485. The maximum atomic E-state index is 12.4. The van der Waals surface area contributed by atoms with Crippen LogP contribution in [-0.2, 0) is 11.2 Å². The zero-order valence-electron chi connectivity index (χ0n) is 14.4. The average Bonchev–Trinajstić information content (AvgIpc) is 2.62. The molecule has 3 rings (SSSR count). The van der Waals surface area contributed by atoms with Crippen molar-refractivity contribution in [1.29, 1.82) is 0 Å². The van der Waals surface area contributed by atoms with Crippen molar-refractivity contribution in [1.82, 2.24) is 15.2 Å². The van der Waals surface area contributed by atoms with E-state index < -0.39 is 0 Å². The molecule has 2 amide bonds. The first-order valence-corrected chi connectivity index (χ1v) is 8.67. The normalized spacial score (nSPS) is 15.0. The SMILES string of the molecule is Cc1cccc(CC(=O)NC2CCN(C(=O)c3ccccn3)CC2)c1. The Morgan fingerprint density at radius 1 is 1.16 bits per heavy atom. The van der Waals surface area contributed by atoms with Gasteiger partial charge in [-0.05, 0) is 37.5 Å². The number of nitrogens with one attached hydrogen (secondary N) is 1. The molecule has 0 aliphatic carbocycles. The summed E-state index contributed by atoms with van der Waals surface area (Å²) in [6.07, 6.45) is 3.58. The van der Waals surface area contributed by atoms with Gasteiger partial charge in [-0.15, -0.1) is 0 Å². The molecule has 1 N–H and O–H groups in total. The molecule has 1 aromatic carbocycles. The molecule has 1 aliphatic rings. The van der Waals surface area contributed by atoms with Gasteiger partial charge in [-0.3, -0.25) is 14.6 Å². The lowest BCUT2D eigenvalue weighted by atomic mass is 10.0. The Labute approximate surface area is 148 Å². The molecule has 5 heteroatoms. The highest BCUT2D eigenvalue weighted by Gasteiger charge is 2.25. The summed E-state index contributed by atoms with van der Waals surface area (Å²) in [6.45, 7) is 3.31. The number of aromatic nitrogens is 1. The van der Waals surface area contributed by atoms with Gasteiger partial charge in [0.1, 0.15) is 5.69 Å². The Kier molecular flexibility index (Phi) is 5.43. The molecule has 0 saturated carbocycles. The van der Waals surface area contributed by atoms with Crippen LogP contribution >= 0.6 is 0 Å². The van der Waals surface area contributed by atoms with Gasteiger partial charge in [0.05, 0.1) is 6.42 Å². The Balaban J connectivity index is 1.47. The maximum absolute atomic E-state index is 12.4. The minimum atomic E-state index is -0.0369. The van der Waals surface area contributed by atoms with E-state index in [1.807, 2.05) is 42.2 Å². The van der Waals surface area contributed by atoms with Crippen molar-refractivity contribution in [2.24, 2.45) is 0 Å². The molecule has 0 unspecified atom stereocenters. The molecule has 2 heterocycles. The van der Waals surface area contributed by atoms with E-state index in [4.69, 9.17) is 0 Å². The Morgan fingerprint density at radius 2 is 1.96 bits per heavy atom. The number of nitrogens with zero attached hydrogens (tertiary/aromatic N) is 2. The van der Waals surface area contributed by atoms with Crippen LogP contribution in [0.15, 0.2) is 48.7 Å². The molecule has 1 saturated heterocycles. The van der Waals surface area contributed by atoms with Crippen LogP contribution in [0.4, 0.5) is 0 Å². The van der Waals surface area contributed by atoms with Crippen LogP contribution in [0.5, 0.6) is 0 Å². The van der Waals surface area contributed by atoms with E-state index in [0.29, 0.717) is 25.2 Å². The highest BCUT2D eigenvalue weighted by molar-refractivity contribution is 5.92. The van der Waals surface area contributed by atoms with Crippen molar-refractivity contribution >= 4 is 11.8 Å². The highest BCUT2D eigenvalue weighted by atomic mass is 16.2. The van der Waals surface area contributed by atoms with Crippen LogP contribution in [0.3, 0.4) is 0 Å². The average molecular weight is 337 g/mol. The summed E-state index contributed by atoms with van der Waals surface area (Å²) in [5.41, 5.74) is 2.66. The predicted molar refractivity (Wildman–Crippen MR) is 96.2 cm³/mol. The maximum Gasteiger partial charge on any atom is 0.272 e. The highest BCUT2D eigenvalue weighted by Crippen LogP contribution is 2.13. The topological polar surface area (TPSA) is 62.3 Å². The number of hydrogen-bond acceptors (Lipinski definition) is 3. The van der Waals surface area contributed by atoms with Crippen LogP contribution < -0.4 is 5.32 Å². The minimum absolute atomic E-state index is 0.0369. The van der Waals surface area contributed by atoms with Crippen LogP contribution in [0.1, 0.15) is 34.5 Å². The molecule has 0 spiro atoms. The van der Waals surface area contributed by atoms with Crippen LogP contribution in [0, 0.1) is 6.92 Å². The molecule has 25 heavy (non-hydrogen) atoms.